The molecule has 1 aliphatic rings. The van der Waals surface area contributed by atoms with Crippen LogP contribution in [0.5, 0.6) is 0 Å². The monoisotopic (exact) mass is 484 g/mol. The van der Waals surface area contributed by atoms with Crippen LogP contribution in [0.3, 0.4) is 0 Å². The van der Waals surface area contributed by atoms with E-state index in [1.165, 1.54) is 28.1 Å². The Morgan fingerprint density at radius 3 is 2.49 bits per heavy atom. The molecule has 0 atom stereocenters. The first kappa shape index (κ1) is 24.0. The second-order valence-corrected chi connectivity index (χ2v) is 8.79. The van der Waals surface area contributed by atoms with Crippen molar-refractivity contribution >= 4 is 29.4 Å². The van der Waals surface area contributed by atoms with Crippen LogP contribution < -0.4 is 20.9 Å². The first-order valence-electron chi connectivity index (χ1n) is 10.7. The van der Waals surface area contributed by atoms with Gasteiger partial charge in [-0.05, 0) is 37.6 Å². The van der Waals surface area contributed by atoms with Crippen LogP contribution >= 0.6 is 0 Å². The van der Waals surface area contributed by atoms with Crippen LogP contribution in [0.25, 0.3) is 0 Å². The summed E-state index contributed by atoms with van der Waals surface area (Å²) >= 11 is 0. The van der Waals surface area contributed by atoms with Gasteiger partial charge in [-0.25, -0.2) is 9.78 Å². The van der Waals surface area contributed by atoms with Crippen molar-refractivity contribution in [2.75, 3.05) is 22.1 Å². The first-order chi connectivity index (χ1) is 16.4. The van der Waals surface area contributed by atoms with Crippen LogP contribution in [-0.2, 0) is 12.7 Å². The van der Waals surface area contributed by atoms with Crippen LogP contribution in [0.1, 0.15) is 35.3 Å². The van der Waals surface area contributed by atoms with Gasteiger partial charge in [-0.15, -0.1) is 0 Å². The lowest BCUT2D eigenvalue weighted by molar-refractivity contribution is -0.137. The maximum absolute atomic E-state index is 13.5. The molecule has 3 aromatic rings. The molecule has 0 spiro atoms. The number of nitrogens with two attached hydrogens (primary N) is 1. The highest BCUT2D eigenvalue weighted by Crippen LogP contribution is 2.33. The summed E-state index contributed by atoms with van der Waals surface area (Å²) in [6.07, 6.45) is -3.39. The normalized spacial score (nSPS) is 15.1. The van der Waals surface area contributed by atoms with E-state index in [1.54, 1.807) is 30.3 Å². The molecule has 0 unspecified atom stereocenters. The smallest absolute Gasteiger partial charge is 0.383 e. The molecule has 35 heavy (non-hydrogen) atoms. The molecule has 0 bridgehead atoms. The van der Waals surface area contributed by atoms with Crippen LogP contribution in [0.15, 0.2) is 60.8 Å². The molecule has 182 valence electrons. The van der Waals surface area contributed by atoms with E-state index in [4.69, 9.17) is 5.73 Å². The molecule has 3 amide bonds. The number of carbonyl (C=O) groups is 2. The van der Waals surface area contributed by atoms with Gasteiger partial charge in [0.2, 0.25) is 5.95 Å². The van der Waals surface area contributed by atoms with Crippen molar-refractivity contribution in [2.24, 2.45) is 0 Å². The Hall–Kier alpha value is -4.15. The molecule has 2 aromatic carbocycles. The van der Waals surface area contributed by atoms with Crippen LogP contribution in [0.4, 0.5) is 35.4 Å². The number of urea groups is 1. The zero-order valence-electron chi connectivity index (χ0n) is 19.0. The molecule has 3 N–H and O–H groups in total. The number of rotatable bonds is 5. The van der Waals surface area contributed by atoms with Crippen molar-refractivity contribution in [3.05, 3.63) is 77.5 Å². The number of nitrogens with one attached hydrogen (secondary N) is 1. The van der Waals surface area contributed by atoms with Gasteiger partial charge in [0.25, 0.3) is 5.91 Å². The molecule has 1 fully saturated rings. The molecule has 1 saturated heterocycles. The lowest BCUT2D eigenvalue weighted by atomic mass is 10.1. The maximum Gasteiger partial charge on any atom is 0.416 e. The highest BCUT2D eigenvalue weighted by molar-refractivity contribution is 6.08. The topological polar surface area (TPSA) is 104 Å². The fourth-order valence-corrected chi connectivity index (χ4v) is 3.75. The predicted molar refractivity (Wildman–Crippen MR) is 125 cm³/mol. The predicted octanol–water partition coefficient (Wildman–Crippen LogP) is 4.23. The van der Waals surface area contributed by atoms with Gasteiger partial charge in [-0.3, -0.25) is 9.69 Å². The Labute approximate surface area is 199 Å². The molecule has 0 aliphatic carbocycles. The number of halogens is 3. The van der Waals surface area contributed by atoms with Crippen molar-refractivity contribution in [3.8, 4) is 0 Å². The third-order valence-electron chi connectivity index (χ3n) is 5.44. The zero-order chi connectivity index (χ0) is 25.4. The Kier molecular flexibility index (Phi) is 6.10. The molecule has 1 aliphatic heterocycles. The second kappa shape index (κ2) is 8.90. The van der Waals surface area contributed by atoms with Gasteiger partial charge in [0, 0.05) is 11.9 Å². The number of aromatic nitrogens is 2. The molecule has 0 radical (unpaired) electrons. The number of carbonyl (C=O) groups excluding carboxylic acids is 2. The van der Waals surface area contributed by atoms with E-state index in [-0.39, 0.29) is 29.6 Å². The van der Waals surface area contributed by atoms with Crippen molar-refractivity contribution in [2.45, 2.75) is 32.1 Å². The minimum atomic E-state index is -4.58. The Morgan fingerprint density at radius 1 is 1.17 bits per heavy atom. The van der Waals surface area contributed by atoms with Crippen LogP contribution in [0, 0.1) is 0 Å². The number of alkyl halides is 3. The van der Waals surface area contributed by atoms with Gasteiger partial charge in [0.1, 0.15) is 11.4 Å². The van der Waals surface area contributed by atoms with Gasteiger partial charge in [-0.2, -0.15) is 18.2 Å². The average molecular weight is 484 g/mol. The van der Waals surface area contributed by atoms with Crippen LogP contribution in [-0.4, -0.2) is 34.0 Å². The number of nitrogen functional groups attached to an aromatic ring is 1. The minimum absolute atomic E-state index is 0.00903. The quantitative estimate of drug-likeness (QED) is 0.564. The highest BCUT2D eigenvalue weighted by Gasteiger charge is 2.37. The van der Waals surface area contributed by atoms with Gasteiger partial charge in [0.05, 0.1) is 24.2 Å². The molecular weight excluding hydrogens is 461 g/mol. The van der Waals surface area contributed by atoms with E-state index in [0.717, 1.165) is 12.1 Å². The van der Waals surface area contributed by atoms with Crippen molar-refractivity contribution in [3.63, 3.8) is 0 Å². The van der Waals surface area contributed by atoms with Crippen molar-refractivity contribution < 1.29 is 22.8 Å². The highest BCUT2D eigenvalue weighted by atomic mass is 19.4. The second-order valence-electron chi connectivity index (χ2n) is 8.79. The van der Waals surface area contributed by atoms with E-state index in [1.807, 2.05) is 13.8 Å². The third kappa shape index (κ3) is 5.18. The molecule has 11 heteroatoms. The number of hydrogen-bond acceptors (Lipinski definition) is 5. The van der Waals surface area contributed by atoms with E-state index < -0.39 is 29.2 Å². The fraction of sp³-hybridized carbons (Fsp3) is 0.250. The largest absolute Gasteiger partial charge is 0.416 e. The number of nitrogens with zero attached hydrogens (tertiary/aromatic N) is 4. The average Bonchev–Trinajstić information content (AvgIpc) is 3.09. The van der Waals surface area contributed by atoms with E-state index in [9.17, 15) is 22.8 Å². The summed E-state index contributed by atoms with van der Waals surface area (Å²) < 4.78 is 40.0. The molecular formula is C24H23F3N6O2. The summed E-state index contributed by atoms with van der Waals surface area (Å²) in [5.74, 6) is -0.846. The summed E-state index contributed by atoms with van der Waals surface area (Å²) in [6, 6.07) is 12.9. The first-order valence-corrected chi connectivity index (χ1v) is 10.7. The standard InChI is InChI=1S/C24H23F3N6O2/c1-23(2)14-33(22(35)31-23)21-29-12-18(19(28)30-21)20(34)32(13-15-7-4-3-5-8-15)17-10-6-9-16(11-17)24(25,26)27/h3-12H,13-14H2,1-2H3,(H,31,35)(H2,28,29,30). The van der Waals surface area contributed by atoms with E-state index >= 15 is 0 Å². The van der Waals surface area contributed by atoms with Gasteiger partial charge < -0.3 is 16.0 Å². The number of anilines is 3. The van der Waals surface area contributed by atoms with Gasteiger partial charge >= 0.3 is 12.2 Å². The molecule has 2 heterocycles. The summed E-state index contributed by atoms with van der Waals surface area (Å²) in [5, 5.41) is 2.78. The van der Waals surface area contributed by atoms with E-state index in [0.29, 0.717) is 12.1 Å². The van der Waals surface area contributed by atoms with Crippen molar-refractivity contribution in [1.29, 1.82) is 0 Å². The lowest BCUT2D eigenvalue weighted by Crippen LogP contribution is -2.36. The number of benzene rings is 2. The van der Waals surface area contributed by atoms with E-state index in [2.05, 4.69) is 15.3 Å². The minimum Gasteiger partial charge on any atom is -0.383 e. The molecule has 4 rings (SSSR count). The molecule has 0 saturated carbocycles. The van der Waals surface area contributed by atoms with Gasteiger partial charge in [0.15, 0.2) is 0 Å². The Balaban J connectivity index is 1.70. The Bertz CT molecular complexity index is 1260. The third-order valence-corrected chi connectivity index (χ3v) is 5.44. The lowest BCUT2D eigenvalue weighted by Gasteiger charge is -2.24. The zero-order valence-corrected chi connectivity index (χ0v) is 19.0. The number of hydrogen-bond donors (Lipinski definition) is 2. The summed E-state index contributed by atoms with van der Waals surface area (Å²) in [5.41, 5.74) is 5.33. The summed E-state index contributed by atoms with van der Waals surface area (Å²) in [6.45, 7) is 3.96. The van der Waals surface area contributed by atoms with Gasteiger partial charge in [-0.1, -0.05) is 36.4 Å². The van der Waals surface area contributed by atoms with Crippen LogP contribution in [0.2, 0.25) is 0 Å². The summed E-state index contributed by atoms with van der Waals surface area (Å²) in [4.78, 5) is 36.6. The number of amides is 3. The SMILES string of the molecule is CC1(C)CN(c2ncc(C(=O)N(Cc3ccccc3)c3cccc(C(F)(F)F)c3)c(N)n2)C(=O)N1. The molecule has 1 aromatic heterocycles. The fourth-order valence-electron chi connectivity index (χ4n) is 3.75. The molecule has 8 nitrogen and oxygen atoms in total. The summed E-state index contributed by atoms with van der Waals surface area (Å²) in [7, 11) is 0. The van der Waals surface area contributed by atoms with Crippen molar-refractivity contribution in [1.82, 2.24) is 15.3 Å². The Morgan fingerprint density at radius 2 is 1.89 bits per heavy atom. The maximum atomic E-state index is 13.5.